The van der Waals surface area contributed by atoms with Gasteiger partial charge in [-0.1, -0.05) is 24.3 Å². The molecule has 2 atom stereocenters. The second-order valence-electron chi connectivity index (χ2n) is 6.81. The minimum absolute atomic E-state index is 0.0159. The number of carbonyl (C=O) groups is 3. The molecule has 0 amide bonds. The lowest BCUT2D eigenvalue weighted by atomic mass is 9.76. The Balaban J connectivity index is 2.13. The van der Waals surface area contributed by atoms with E-state index in [-0.39, 0.29) is 11.1 Å². The summed E-state index contributed by atoms with van der Waals surface area (Å²) in [7, 11) is 3.55. The van der Waals surface area contributed by atoms with Crippen LogP contribution in [0.25, 0.3) is 0 Å². The van der Waals surface area contributed by atoms with Crippen molar-refractivity contribution in [1.82, 2.24) is 0 Å². The molecule has 0 saturated carbocycles. The first-order chi connectivity index (χ1) is 14.4. The predicted molar refractivity (Wildman–Crippen MR) is 103 cm³/mol. The van der Waals surface area contributed by atoms with Gasteiger partial charge in [0.2, 0.25) is 0 Å². The summed E-state index contributed by atoms with van der Waals surface area (Å²) in [6.07, 6.45) is 0. The van der Waals surface area contributed by atoms with Gasteiger partial charge in [-0.05, 0) is 35.4 Å². The van der Waals surface area contributed by atoms with Gasteiger partial charge in [-0.2, -0.15) is 0 Å². The van der Waals surface area contributed by atoms with E-state index in [0.717, 1.165) is 7.11 Å². The largest absolute Gasteiger partial charge is 0.467 e. The van der Waals surface area contributed by atoms with Crippen molar-refractivity contribution in [3.05, 3.63) is 76.6 Å². The van der Waals surface area contributed by atoms with Crippen LogP contribution in [0.15, 0.2) is 59.7 Å². The van der Waals surface area contributed by atoms with Crippen molar-refractivity contribution in [2.24, 2.45) is 0 Å². The Hall–Kier alpha value is -3.68. The second-order valence-corrected chi connectivity index (χ2v) is 6.81. The first kappa shape index (κ1) is 19.6. The lowest BCUT2D eigenvalue weighted by Gasteiger charge is -2.36. The van der Waals surface area contributed by atoms with Crippen LogP contribution in [0.1, 0.15) is 17.2 Å². The molecular formula is C22H18FNO6. The monoisotopic (exact) mass is 411 g/mol. The number of esters is 3. The molecule has 2 aliphatic rings. The average molecular weight is 411 g/mol. The molecule has 2 aromatic carbocycles. The maximum absolute atomic E-state index is 13.6. The smallest absolute Gasteiger partial charge is 0.341 e. The van der Waals surface area contributed by atoms with Gasteiger partial charge in [0.1, 0.15) is 5.82 Å². The Bertz CT molecular complexity index is 1090. The van der Waals surface area contributed by atoms with Crippen molar-refractivity contribution in [2.45, 2.75) is 11.6 Å². The van der Waals surface area contributed by atoms with E-state index in [9.17, 15) is 18.8 Å². The van der Waals surface area contributed by atoms with Crippen LogP contribution in [0.3, 0.4) is 0 Å². The molecule has 2 heterocycles. The molecule has 0 spiro atoms. The summed E-state index contributed by atoms with van der Waals surface area (Å²) in [5.74, 6) is -2.87. The van der Waals surface area contributed by atoms with Crippen LogP contribution in [0.2, 0.25) is 0 Å². The molecule has 0 aromatic heterocycles. The van der Waals surface area contributed by atoms with Gasteiger partial charge in [0.25, 0.3) is 0 Å². The van der Waals surface area contributed by atoms with Crippen LogP contribution in [-0.2, 0) is 34.1 Å². The average Bonchev–Trinajstić information content (AvgIpc) is 3.25. The zero-order valence-corrected chi connectivity index (χ0v) is 16.5. The third-order valence-corrected chi connectivity index (χ3v) is 5.55. The lowest BCUT2D eigenvalue weighted by molar-refractivity contribution is -0.149. The molecule has 0 fully saturated rings. The Morgan fingerprint density at radius 3 is 2.13 bits per heavy atom. The van der Waals surface area contributed by atoms with Gasteiger partial charge >= 0.3 is 17.9 Å². The van der Waals surface area contributed by atoms with Crippen LogP contribution >= 0.6 is 0 Å². The third kappa shape index (κ3) is 2.33. The van der Waals surface area contributed by atoms with Gasteiger partial charge in [0.15, 0.2) is 5.54 Å². The maximum Gasteiger partial charge on any atom is 0.341 e. The van der Waals surface area contributed by atoms with E-state index < -0.39 is 35.3 Å². The molecule has 2 bridgehead atoms. The van der Waals surface area contributed by atoms with E-state index in [2.05, 4.69) is 0 Å². The fourth-order valence-corrected chi connectivity index (χ4v) is 4.48. The van der Waals surface area contributed by atoms with E-state index in [1.54, 1.807) is 29.2 Å². The Kier molecular flexibility index (Phi) is 4.57. The minimum atomic E-state index is -1.79. The Labute approximate surface area is 171 Å². The summed E-state index contributed by atoms with van der Waals surface area (Å²) in [6.45, 7) is 0. The number of hydrogen-bond acceptors (Lipinski definition) is 7. The normalized spacial score (nSPS) is 21.3. The Morgan fingerprint density at radius 1 is 0.900 bits per heavy atom. The zero-order valence-electron chi connectivity index (χ0n) is 16.5. The summed E-state index contributed by atoms with van der Waals surface area (Å²) >= 11 is 0. The summed E-state index contributed by atoms with van der Waals surface area (Å²) < 4.78 is 28.6. The number of nitrogens with zero attached hydrogens (tertiary/aromatic N) is 1. The first-order valence-corrected chi connectivity index (χ1v) is 9.07. The maximum atomic E-state index is 13.6. The molecule has 4 rings (SSSR count). The highest BCUT2D eigenvalue weighted by atomic mass is 19.1. The van der Waals surface area contributed by atoms with Crippen molar-refractivity contribution >= 4 is 23.6 Å². The standard InChI is InChI=1S/C22H18FNO6/c1-28-19(25)16-17(20(26)29-2)22(21(27)30-3)15-7-5-4-6-14(15)18(16)24(22)13-10-8-12(23)9-11-13/h4-11,18H,1-3H3/t18-,22+/m0/s1. The number of benzene rings is 2. The van der Waals surface area contributed by atoms with Crippen LogP contribution in [0.4, 0.5) is 10.1 Å². The summed E-state index contributed by atoms with van der Waals surface area (Å²) in [4.78, 5) is 40.7. The van der Waals surface area contributed by atoms with Crippen molar-refractivity contribution in [3.63, 3.8) is 0 Å². The number of carbonyl (C=O) groups excluding carboxylic acids is 3. The first-order valence-electron chi connectivity index (χ1n) is 9.07. The summed E-state index contributed by atoms with van der Waals surface area (Å²) in [5.41, 5.74) is -0.429. The van der Waals surface area contributed by atoms with Crippen LogP contribution in [0.5, 0.6) is 0 Å². The minimum Gasteiger partial charge on any atom is -0.467 e. The van der Waals surface area contributed by atoms with Gasteiger partial charge in [-0.25, -0.2) is 18.8 Å². The van der Waals surface area contributed by atoms with Crippen molar-refractivity contribution < 1.29 is 33.0 Å². The fourth-order valence-electron chi connectivity index (χ4n) is 4.48. The summed E-state index contributed by atoms with van der Waals surface area (Å²) in [6, 6.07) is 11.5. The Morgan fingerprint density at radius 2 is 1.53 bits per heavy atom. The van der Waals surface area contributed by atoms with E-state index in [1.165, 1.54) is 38.5 Å². The SMILES string of the molecule is COC(=O)C1=C(C(=O)OC)[C@@]2(C(=O)OC)c3ccccc3[C@@H]1N2c1ccc(F)cc1. The third-order valence-electron chi connectivity index (χ3n) is 5.55. The lowest BCUT2D eigenvalue weighted by Crippen LogP contribution is -2.50. The highest BCUT2D eigenvalue weighted by Gasteiger charge is 2.68. The molecule has 154 valence electrons. The van der Waals surface area contributed by atoms with Crippen LogP contribution in [0, 0.1) is 5.82 Å². The van der Waals surface area contributed by atoms with Crippen molar-refractivity contribution in [1.29, 1.82) is 0 Å². The van der Waals surface area contributed by atoms with Gasteiger partial charge < -0.3 is 19.1 Å². The molecule has 8 heteroatoms. The molecule has 30 heavy (non-hydrogen) atoms. The number of hydrogen-bond donors (Lipinski definition) is 0. The molecular weight excluding hydrogens is 393 g/mol. The number of ether oxygens (including phenoxy) is 3. The molecule has 0 saturated heterocycles. The van der Waals surface area contributed by atoms with Crippen LogP contribution in [-0.4, -0.2) is 39.2 Å². The van der Waals surface area contributed by atoms with E-state index in [0.29, 0.717) is 16.8 Å². The van der Waals surface area contributed by atoms with Gasteiger partial charge in [0, 0.05) is 5.69 Å². The molecule has 0 N–H and O–H groups in total. The number of anilines is 1. The molecule has 7 nitrogen and oxygen atoms in total. The van der Waals surface area contributed by atoms with E-state index in [1.807, 2.05) is 0 Å². The molecule has 0 unspecified atom stereocenters. The summed E-state index contributed by atoms with van der Waals surface area (Å²) in [5, 5.41) is 0. The highest BCUT2D eigenvalue weighted by molar-refractivity contribution is 6.15. The van der Waals surface area contributed by atoms with Crippen LogP contribution < -0.4 is 4.90 Å². The number of rotatable bonds is 4. The zero-order chi connectivity index (χ0) is 21.6. The molecule has 0 aliphatic carbocycles. The van der Waals surface area contributed by atoms with E-state index in [4.69, 9.17) is 14.2 Å². The van der Waals surface area contributed by atoms with Crippen molar-refractivity contribution in [3.8, 4) is 0 Å². The predicted octanol–water partition coefficient (Wildman–Crippen LogP) is 2.41. The van der Waals surface area contributed by atoms with Gasteiger partial charge in [-0.15, -0.1) is 0 Å². The molecule has 2 aromatic rings. The second kappa shape index (κ2) is 6.98. The fraction of sp³-hybridized carbons (Fsp3) is 0.227. The number of fused-ring (bicyclic) bond motifs is 5. The topological polar surface area (TPSA) is 82.1 Å². The molecule has 2 aliphatic heterocycles. The highest BCUT2D eigenvalue weighted by Crippen LogP contribution is 2.62. The van der Waals surface area contributed by atoms with Gasteiger partial charge in [-0.3, -0.25) is 0 Å². The van der Waals surface area contributed by atoms with Crippen molar-refractivity contribution in [2.75, 3.05) is 26.2 Å². The molecule has 0 radical (unpaired) electrons. The van der Waals surface area contributed by atoms with Gasteiger partial charge in [0.05, 0.1) is 38.5 Å². The quantitative estimate of drug-likeness (QED) is 0.564. The number of methoxy groups -OCH3 is 3. The van der Waals surface area contributed by atoms with E-state index >= 15 is 0 Å². The number of halogens is 1.